The van der Waals surface area contributed by atoms with E-state index in [-0.39, 0.29) is 0 Å². The molecule has 0 atom stereocenters. The van der Waals surface area contributed by atoms with Crippen LogP contribution in [-0.2, 0) is 0 Å². The summed E-state index contributed by atoms with van der Waals surface area (Å²) in [4.78, 5) is 3.99. The van der Waals surface area contributed by atoms with Crippen molar-refractivity contribution < 1.29 is 4.74 Å². The van der Waals surface area contributed by atoms with Gasteiger partial charge in [0.15, 0.2) is 0 Å². The second kappa shape index (κ2) is 5.72. The minimum absolute atomic E-state index is 0.462. The molecule has 0 fully saturated rings. The third-order valence-corrected chi connectivity index (χ3v) is 3.09. The first-order chi connectivity index (χ1) is 9.15. The third kappa shape index (κ3) is 2.85. The van der Waals surface area contributed by atoms with Crippen LogP contribution in [-0.4, -0.2) is 13.8 Å². The average Bonchev–Trinajstić information content (AvgIpc) is 2.46. The molecule has 96 valence electrons. The molecule has 2 aromatic carbocycles. The van der Waals surface area contributed by atoms with Gasteiger partial charge in [-0.3, -0.25) is 4.99 Å². The van der Waals surface area contributed by atoms with E-state index < -0.39 is 0 Å². The number of halogens is 1. The largest absolute Gasteiger partial charge is 0.497 e. The Morgan fingerprint density at radius 3 is 2.26 bits per heavy atom. The summed E-state index contributed by atoms with van der Waals surface area (Å²) in [5.74, 6) is 0.830. The van der Waals surface area contributed by atoms with Gasteiger partial charge in [0.2, 0.25) is 0 Å². The summed E-state index contributed by atoms with van der Waals surface area (Å²) in [5.41, 5.74) is 3.66. The maximum Gasteiger partial charge on any atom is 0.118 e. The normalized spacial score (nSPS) is 10.0. The standard InChI is InChI=1S/C16H14ClNO/c1-11(17)15-9-6-13(10-16(15)18-2)12-4-7-14(19-3)8-5-12/h4-10H,1-2H2,3H3. The Labute approximate surface area is 118 Å². The van der Waals surface area contributed by atoms with Gasteiger partial charge in [0.05, 0.1) is 12.8 Å². The number of hydrogen-bond acceptors (Lipinski definition) is 2. The Morgan fingerprint density at radius 2 is 1.74 bits per heavy atom. The molecule has 0 unspecified atom stereocenters. The zero-order valence-electron chi connectivity index (χ0n) is 10.7. The van der Waals surface area contributed by atoms with Gasteiger partial charge in [0.1, 0.15) is 5.75 Å². The van der Waals surface area contributed by atoms with Gasteiger partial charge >= 0.3 is 0 Å². The average molecular weight is 272 g/mol. The quantitative estimate of drug-likeness (QED) is 0.725. The van der Waals surface area contributed by atoms with Crippen molar-refractivity contribution in [1.82, 2.24) is 0 Å². The lowest BCUT2D eigenvalue weighted by molar-refractivity contribution is 0.415. The van der Waals surface area contributed by atoms with Crippen molar-refractivity contribution in [3.8, 4) is 16.9 Å². The summed E-state index contributed by atoms with van der Waals surface area (Å²) in [7, 11) is 1.65. The summed E-state index contributed by atoms with van der Waals surface area (Å²) < 4.78 is 5.14. The zero-order valence-corrected chi connectivity index (χ0v) is 11.4. The van der Waals surface area contributed by atoms with E-state index >= 15 is 0 Å². The van der Waals surface area contributed by atoms with Gasteiger partial charge in [-0.2, -0.15) is 0 Å². The van der Waals surface area contributed by atoms with Gasteiger partial charge in [0, 0.05) is 10.6 Å². The van der Waals surface area contributed by atoms with Crippen LogP contribution < -0.4 is 4.74 Å². The monoisotopic (exact) mass is 271 g/mol. The van der Waals surface area contributed by atoms with Crippen molar-refractivity contribution in [1.29, 1.82) is 0 Å². The van der Waals surface area contributed by atoms with E-state index in [1.165, 1.54) is 0 Å². The van der Waals surface area contributed by atoms with E-state index in [0.29, 0.717) is 5.03 Å². The van der Waals surface area contributed by atoms with E-state index in [1.54, 1.807) is 7.11 Å². The Kier molecular flexibility index (Phi) is 4.03. The summed E-state index contributed by atoms with van der Waals surface area (Å²) in [5, 5.41) is 0.462. The predicted octanol–water partition coefficient (Wildman–Crippen LogP) is 4.90. The van der Waals surface area contributed by atoms with Crippen LogP contribution in [0.15, 0.2) is 54.0 Å². The maximum atomic E-state index is 5.93. The molecule has 0 saturated heterocycles. The van der Waals surface area contributed by atoms with Crippen molar-refractivity contribution in [2.24, 2.45) is 4.99 Å². The molecule has 0 heterocycles. The number of ether oxygens (including phenoxy) is 1. The molecule has 0 spiro atoms. The van der Waals surface area contributed by atoms with Gasteiger partial charge in [0.25, 0.3) is 0 Å². The molecule has 0 radical (unpaired) electrons. The molecule has 0 aliphatic rings. The molecule has 0 bridgehead atoms. The zero-order chi connectivity index (χ0) is 13.8. The highest BCUT2D eigenvalue weighted by molar-refractivity contribution is 6.48. The van der Waals surface area contributed by atoms with E-state index in [0.717, 1.165) is 28.1 Å². The Balaban J connectivity index is 2.45. The number of aliphatic imine (C=N–C) groups is 1. The summed E-state index contributed by atoms with van der Waals surface area (Å²) in [6, 6.07) is 13.7. The minimum Gasteiger partial charge on any atom is -0.497 e. The predicted molar refractivity (Wildman–Crippen MR) is 82.5 cm³/mol. The van der Waals surface area contributed by atoms with Crippen LogP contribution >= 0.6 is 11.6 Å². The molecule has 0 N–H and O–H groups in total. The number of hydrogen-bond donors (Lipinski definition) is 0. The number of nitrogens with zero attached hydrogens (tertiary/aromatic N) is 1. The number of benzene rings is 2. The van der Waals surface area contributed by atoms with E-state index in [9.17, 15) is 0 Å². The SMILES string of the molecule is C=Nc1cc(-c2ccc(OC)cc2)ccc1C(=C)Cl. The lowest BCUT2D eigenvalue weighted by Gasteiger charge is -2.08. The molecule has 2 nitrogen and oxygen atoms in total. The Morgan fingerprint density at radius 1 is 1.11 bits per heavy atom. The van der Waals surface area contributed by atoms with E-state index in [2.05, 4.69) is 18.3 Å². The van der Waals surface area contributed by atoms with Crippen molar-refractivity contribution in [2.75, 3.05) is 7.11 Å². The van der Waals surface area contributed by atoms with Crippen molar-refractivity contribution in [3.05, 3.63) is 54.6 Å². The fourth-order valence-corrected chi connectivity index (χ4v) is 2.01. The Bertz CT molecular complexity index is 617. The molecule has 3 heteroatoms. The fourth-order valence-electron chi connectivity index (χ4n) is 1.85. The first kappa shape index (κ1) is 13.4. The Hall–Kier alpha value is -2.06. The second-order valence-electron chi connectivity index (χ2n) is 4.02. The van der Waals surface area contributed by atoms with Crippen LogP contribution in [0.25, 0.3) is 16.2 Å². The van der Waals surface area contributed by atoms with Crippen LogP contribution in [0, 0.1) is 0 Å². The van der Waals surface area contributed by atoms with Crippen LogP contribution in [0.1, 0.15) is 5.56 Å². The van der Waals surface area contributed by atoms with Crippen LogP contribution in [0.3, 0.4) is 0 Å². The highest BCUT2D eigenvalue weighted by atomic mass is 35.5. The molecule has 0 amide bonds. The van der Waals surface area contributed by atoms with E-state index in [4.69, 9.17) is 16.3 Å². The highest BCUT2D eigenvalue weighted by Gasteiger charge is 2.06. The third-order valence-electron chi connectivity index (χ3n) is 2.88. The van der Waals surface area contributed by atoms with Crippen LogP contribution in [0.5, 0.6) is 5.75 Å². The molecule has 19 heavy (non-hydrogen) atoms. The van der Waals surface area contributed by atoms with Crippen LogP contribution in [0.4, 0.5) is 5.69 Å². The van der Waals surface area contributed by atoms with Gasteiger partial charge in [-0.1, -0.05) is 42.4 Å². The lowest BCUT2D eigenvalue weighted by atomic mass is 10.0. The number of methoxy groups -OCH3 is 1. The van der Waals surface area contributed by atoms with Gasteiger partial charge in [-0.15, -0.1) is 0 Å². The summed E-state index contributed by atoms with van der Waals surface area (Å²) >= 11 is 5.93. The second-order valence-corrected chi connectivity index (χ2v) is 4.48. The fraction of sp³-hybridized carbons (Fsp3) is 0.0625. The smallest absolute Gasteiger partial charge is 0.118 e. The molecule has 2 aromatic rings. The molecule has 0 saturated carbocycles. The molecule has 0 aliphatic carbocycles. The highest BCUT2D eigenvalue weighted by Crippen LogP contribution is 2.32. The van der Waals surface area contributed by atoms with Gasteiger partial charge < -0.3 is 4.74 Å². The van der Waals surface area contributed by atoms with Crippen molar-refractivity contribution >= 4 is 29.0 Å². The molecular weight excluding hydrogens is 258 g/mol. The lowest BCUT2D eigenvalue weighted by Crippen LogP contribution is -1.84. The number of rotatable bonds is 4. The summed E-state index contributed by atoms with van der Waals surface area (Å²) in [6.07, 6.45) is 0. The molecule has 0 aliphatic heterocycles. The molecule has 2 rings (SSSR count). The summed E-state index contributed by atoms with van der Waals surface area (Å²) in [6.45, 7) is 7.29. The maximum absolute atomic E-state index is 5.93. The van der Waals surface area contributed by atoms with Crippen molar-refractivity contribution in [3.63, 3.8) is 0 Å². The van der Waals surface area contributed by atoms with Crippen molar-refractivity contribution in [2.45, 2.75) is 0 Å². The minimum atomic E-state index is 0.462. The van der Waals surface area contributed by atoms with E-state index in [1.807, 2.05) is 42.5 Å². The molecule has 0 aromatic heterocycles. The van der Waals surface area contributed by atoms with Gasteiger partial charge in [-0.05, 0) is 36.0 Å². The van der Waals surface area contributed by atoms with Crippen LogP contribution in [0.2, 0.25) is 0 Å². The first-order valence-corrected chi connectivity index (χ1v) is 6.13. The topological polar surface area (TPSA) is 21.6 Å². The molecular formula is C16H14ClNO. The van der Waals surface area contributed by atoms with Gasteiger partial charge in [-0.25, -0.2) is 0 Å². The first-order valence-electron chi connectivity index (χ1n) is 5.75.